The molecule has 0 saturated carbocycles. The highest BCUT2D eigenvalue weighted by atomic mass is 16.5. The summed E-state index contributed by atoms with van der Waals surface area (Å²) in [5, 5.41) is 9.89. The minimum atomic E-state index is -0.261. The predicted octanol–water partition coefficient (Wildman–Crippen LogP) is 1.10. The van der Waals surface area contributed by atoms with Gasteiger partial charge in [0.15, 0.2) is 5.75 Å². The molecule has 0 aromatic heterocycles. The van der Waals surface area contributed by atoms with Gasteiger partial charge in [0.05, 0.1) is 17.9 Å². The number of para-hydroxylation sites is 1. The van der Waals surface area contributed by atoms with Crippen LogP contribution in [0.1, 0.15) is 16.8 Å². The van der Waals surface area contributed by atoms with E-state index in [4.69, 9.17) is 15.2 Å². The summed E-state index contributed by atoms with van der Waals surface area (Å²) in [5.41, 5.74) is 6.02. The zero-order valence-electron chi connectivity index (χ0n) is 12.0. The van der Waals surface area contributed by atoms with E-state index in [0.29, 0.717) is 26.3 Å². The number of hydrogen-bond acceptors (Lipinski definition) is 5. The number of hydrogen-bond donors (Lipinski definition) is 2. The Labute approximate surface area is 119 Å². The lowest BCUT2D eigenvalue weighted by Gasteiger charge is -2.23. The third-order valence-electron chi connectivity index (χ3n) is 2.93. The Bertz CT molecular complexity index is 437. The monoisotopic (exact) mass is 282 g/mol. The van der Waals surface area contributed by atoms with Gasteiger partial charge in [0.2, 0.25) is 0 Å². The quantitative estimate of drug-likeness (QED) is 0.424. The van der Waals surface area contributed by atoms with Crippen molar-refractivity contribution in [3.8, 4) is 5.75 Å². The number of benzene rings is 1. The Hall–Kier alpha value is -1.79. The number of amides is 1. The van der Waals surface area contributed by atoms with Gasteiger partial charge >= 0.3 is 0 Å². The van der Waals surface area contributed by atoms with Gasteiger partial charge in [-0.15, -0.1) is 0 Å². The number of methoxy groups -OCH3 is 2. The number of rotatable bonds is 8. The summed E-state index contributed by atoms with van der Waals surface area (Å²) in [6.07, 6.45) is 0.717. The van der Waals surface area contributed by atoms with Gasteiger partial charge in [0.25, 0.3) is 5.91 Å². The maximum atomic E-state index is 12.4. The normalized spacial score (nSPS) is 10.5. The molecule has 0 aliphatic heterocycles. The molecule has 1 aromatic rings. The molecule has 1 rings (SSSR count). The number of carbonyl (C=O) groups excluding carboxylic acids is 1. The highest BCUT2D eigenvalue weighted by Crippen LogP contribution is 2.25. The SMILES string of the molecule is COCCCN(CCOC)C(=O)c1cccc(N)c1O. The maximum Gasteiger partial charge on any atom is 0.257 e. The van der Waals surface area contributed by atoms with Crippen molar-refractivity contribution in [2.75, 3.05) is 46.3 Å². The molecule has 6 nitrogen and oxygen atoms in total. The molecule has 0 spiro atoms. The summed E-state index contributed by atoms with van der Waals surface area (Å²) < 4.78 is 9.99. The number of nitrogen functional groups attached to an aromatic ring is 1. The van der Waals surface area contributed by atoms with Crippen LogP contribution >= 0.6 is 0 Å². The van der Waals surface area contributed by atoms with E-state index in [2.05, 4.69) is 0 Å². The Morgan fingerprint density at radius 1 is 1.25 bits per heavy atom. The molecular weight excluding hydrogens is 260 g/mol. The molecule has 0 atom stereocenters. The Morgan fingerprint density at radius 3 is 2.60 bits per heavy atom. The molecule has 1 aromatic carbocycles. The lowest BCUT2D eigenvalue weighted by atomic mass is 10.1. The molecule has 0 fully saturated rings. The Balaban J connectivity index is 2.82. The van der Waals surface area contributed by atoms with Crippen LogP contribution in [0.3, 0.4) is 0 Å². The van der Waals surface area contributed by atoms with Crippen LogP contribution in [0.5, 0.6) is 5.75 Å². The van der Waals surface area contributed by atoms with Crippen molar-refractivity contribution in [1.82, 2.24) is 4.90 Å². The van der Waals surface area contributed by atoms with E-state index in [1.165, 1.54) is 0 Å². The fraction of sp³-hybridized carbons (Fsp3) is 0.500. The standard InChI is InChI=1S/C14H22N2O4/c1-19-9-4-7-16(8-10-20-2)14(18)11-5-3-6-12(15)13(11)17/h3,5-6,17H,4,7-10,15H2,1-2H3. The molecular formula is C14H22N2O4. The number of nitrogens with two attached hydrogens (primary N) is 1. The number of aromatic hydroxyl groups is 1. The van der Waals surface area contributed by atoms with Crippen molar-refractivity contribution in [3.05, 3.63) is 23.8 Å². The minimum Gasteiger partial charge on any atom is -0.505 e. The van der Waals surface area contributed by atoms with Gasteiger partial charge in [0.1, 0.15) is 0 Å². The first-order chi connectivity index (χ1) is 9.61. The van der Waals surface area contributed by atoms with Crippen LogP contribution in [0.15, 0.2) is 18.2 Å². The van der Waals surface area contributed by atoms with Crippen molar-refractivity contribution < 1.29 is 19.4 Å². The van der Waals surface area contributed by atoms with Crippen LogP contribution in [0, 0.1) is 0 Å². The molecule has 3 N–H and O–H groups in total. The molecule has 0 saturated heterocycles. The molecule has 0 aliphatic carbocycles. The van der Waals surface area contributed by atoms with Gasteiger partial charge in [-0.05, 0) is 18.6 Å². The average Bonchev–Trinajstić information content (AvgIpc) is 2.45. The molecule has 0 bridgehead atoms. The molecule has 20 heavy (non-hydrogen) atoms. The van der Waals surface area contributed by atoms with E-state index in [-0.39, 0.29) is 22.9 Å². The number of phenols is 1. The van der Waals surface area contributed by atoms with Gasteiger partial charge in [-0.3, -0.25) is 4.79 Å². The van der Waals surface area contributed by atoms with Gasteiger partial charge in [-0.25, -0.2) is 0 Å². The van der Waals surface area contributed by atoms with Crippen LogP contribution < -0.4 is 5.73 Å². The summed E-state index contributed by atoms with van der Waals surface area (Å²) in [7, 11) is 3.20. The second-order valence-electron chi connectivity index (χ2n) is 4.37. The number of anilines is 1. The molecule has 0 aliphatic rings. The fourth-order valence-corrected chi connectivity index (χ4v) is 1.82. The average molecular weight is 282 g/mol. The van der Waals surface area contributed by atoms with Crippen LogP contribution in [0.25, 0.3) is 0 Å². The molecule has 1 amide bonds. The summed E-state index contributed by atoms with van der Waals surface area (Å²) in [5.74, 6) is -0.436. The number of ether oxygens (including phenoxy) is 2. The smallest absolute Gasteiger partial charge is 0.257 e. The van der Waals surface area contributed by atoms with Gasteiger partial charge < -0.3 is 25.2 Å². The van der Waals surface area contributed by atoms with E-state index in [9.17, 15) is 9.90 Å². The fourth-order valence-electron chi connectivity index (χ4n) is 1.82. The highest BCUT2D eigenvalue weighted by molar-refractivity contribution is 5.98. The zero-order chi connectivity index (χ0) is 15.0. The number of carbonyl (C=O) groups is 1. The minimum absolute atomic E-state index is 0.174. The largest absolute Gasteiger partial charge is 0.505 e. The lowest BCUT2D eigenvalue weighted by Crippen LogP contribution is -2.35. The summed E-state index contributed by atoms with van der Waals surface area (Å²) in [6, 6.07) is 4.76. The van der Waals surface area contributed by atoms with Gasteiger partial charge in [-0.2, -0.15) is 0 Å². The first kappa shape index (κ1) is 16.3. The van der Waals surface area contributed by atoms with Gasteiger partial charge in [0, 0.05) is 33.9 Å². The lowest BCUT2D eigenvalue weighted by molar-refractivity contribution is 0.0671. The van der Waals surface area contributed by atoms with E-state index in [0.717, 1.165) is 6.42 Å². The number of phenolic OH excluding ortho intramolecular Hbond substituents is 1. The van der Waals surface area contributed by atoms with E-state index in [1.807, 2.05) is 0 Å². The first-order valence-corrected chi connectivity index (χ1v) is 6.46. The zero-order valence-corrected chi connectivity index (χ0v) is 12.0. The van der Waals surface area contributed by atoms with Crippen LogP contribution in [0.4, 0.5) is 5.69 Å². The van der Waals surface area contributed by atoms with Crippen molar-refractivity contribution in [1.29, 1.82) is 0 Å². The number of nitrogens with zero attached hydrogens (tertiary/aromatic N) is 1. The Morgan fingerprint density at radius 2 is 1.95 bits per heavy atom. The van der Waals surface area contributed by atoms with E-state index in [1.54, 1.807) is 37.3 Å². The maximum absolute atomic E-state index is 12.4. The first-order valence-electron chi connectivity index (χ1n) is 6.46. The van der Waals surface area contributed by atoms with Crippen molar-refractivity contribution >= 4 is 11.6 Å². The third kappa shape index (κ3) is 4.40. The van der Waals surface area contributed by atoms with Crippen molar-refractivity contribution in [2.45, 2.75) is 6.42 Å². The molecule has 112 valence electrons. The molecule has 0 heterocycles. The third-order valence-corrected chi connectivity index (χ3v) is 2.93. The van der Waals surface area contributed by atoms with Crippen molar-refractivity contribution in [2.24, 2.45) is 0 Å². The van der Waals surface area contributed by atoms with E-state index >= 15 is 0 Å². The summed E-state index contributed by atoms with van der Waals surface area (Å²) >= 11 is 0. The molecule has 0 radical (unpaired) electrons. The second kappa shape index (κ2) is 8.39. The van der Waals surface area contributed by atoms with Gasteiger partial charge in [-0.1, -0.05) is 6.07 Å². The summed E-state index contributed by atoms with van der Waals surface area (Å²) in [6.45, 7) is 1.99. The highest BCUT2D eigenvalue weighted by Gasteiger charge is 2.19. The summed E-state index contributed by atoms with van der Waals surface area (Å²) in [4.78, 5) is 14.1. The van der Waals surface area contributed by atoms with Crippen LogP contribution in [-0.2, 0) is 9.47 Å². The topological polar surface area (TPSA) is 85.0 Å². The van der Waals surface area contributed by atoms with E-state index < -0.39 is 0 Å². The molecule has 0 unspecified atom stereocenters. The molecule has 6 heteroatoms. The second-order valence-corrected chi connectivity index (χ2v) is 4.37. The Kier molecular flexibility index (Phi) is 6.83. The predicted molar refractivity (Wildman–Crippen MR) is 76.8 cm³/mol. The van der Waals surface area contributed by atoms with Crippen molar-refractivity contribution in [3.63, 3.8) is 0 Å². The van der Waals surface area contributed by atoms with Crippen LogP contribution in [-0.4, -0.2) is 56.4 Å². The van der Waals surface area contributed by atoms with Crippen LogP contribution in [0.2, 0.25) is 0 Å².